The summed E-state index contributed by atoms with van der Waals surface area (Å²) in [6, 6.07) is 7.83. The van der Waals surface area contributed by atoms with E-state index < -0.39 is 0 Å². The number of aromatic nitrogens is 2. The largest absolute Gasteiger partial charge is 0.355 e. The highest BCUT2D eigenvalue weighted by atomic mass is 16.1. The first-order valence-electron chi connectivity index (χ1n) is 7.73. The van der Waals surface area contributed by atoms with E-state index in [4.69, 9.17) is 0 Å². The molecule has 0 radical (unpaired) electrons. The molecule has 1 aromatic carbocycles. The number of aryl methyl sites for hydroxylation is 1. The Kier molecular flexibility index (Phi) is 4.32. The van der Waals surface area contributed by atoms with Crippen molar-refractivity contribution in [2.45, 2.75) is 26.2 Å². The Morgan fingerprint density at radius 2 is 1.86 bits per heavy atom. The molecular weight excluding hydrogens is 276 g/mol. The van der Waals surface area contributed by atoms with Crippen molar-refractivity contribution in [3.05, 3.63) is 47.9 Å². The number of hydrogen-bond donors (Lipinski definition) is 1. The fourth-order valence-electron chi connectivity index (χ4n) is 2.57. The number of rotatable bonds is 4. The van der Waals surface area contributed by atoms with Gasteiger partial charge in [-0.05, 0) is 37.0 Å². The zero-order valence-corrected chi connectivity index (χ0v) is 12.7. The molecule has 1 N–H and O–H groups in total. The summed E-state index contributed by atoms with van der Waals surface area (Å²) in [6.07, 6.45) is 6.59. The van der Waals surface area contributed by atoms with E-state index in [1.54, 1.807) is 12.4 Å². The second-order valence-electron chi connectivity index (χ2n) is 5.46. The Morgan fingerprint density at radius 1 is 1.14 bits per heavy atom. The molecule has 0 saturated carbocycles. The van der Waals surface area contributed by atoms with Crippen LogP contribution in [0.3, 0.4) is 0 Å². The molecule has 114 valence electrons. The Hall–Kier alpha value is -2.43. The maximum Gasteiger partial charge on any atom is 0.275 e. The van der Waals surface area contributed by atoms with E-state index in [2.05, 4.69) is 27.1 Å². The second kappa shape index (κ2) is 6.56. The van der Waals surface area contributed by atoms with Crippen LogP contribution >= 0.6 is 0 Å². The van der Waals surface area contributed by atoms with E-state index in [-0.39, 0.29) is 5.91 Å². The summed E-state index contributed by atoms with van der Waals surface area (Å²) < 4.78 is 0. The number of hydrogen-bond acceptors (Lipinski definition) is 4. The summed E-state index contributed by atoms with van der Waals surface area (Å²) in [5, 5.41) is 2.84. The third-order valence-corrected chi connectivity index (χ3v) is 3.92. The minimum Gasteiger partial charge on any atom is -0.355 e. The molecule has 0 atom stereocenters. The van der Waals surface area contributed by atoms with E-state index in [0.717, 1.165) is 31.0 Å². The molecule has 1 amide bonds. The van der Waals surface area contributed by atoms with E-state index in [1.165, 1.54) is 18.4 Å². The van der Waals surface area contributed by atoms with Gasteiger partial charge in [-0.2, -0.15) is 0 Å². The first-order chi connectivity index (χ1) is 10.8. The minimum atomic E-state index is -0.232. The van der Waals surface area contributed by atoms with Gasteiger partial charge >= 0.3 is 0 Å². The maximum absolute atomic E-state index is 12.2. The average molecular weight is 296 g/mol. The van der Waals surface area contributed by atoms with Gasteiger partial charge in [0.1, 0.15) is 11.5 Å². The van der Waals surface area contributed by atoms with Crippen molar-refractivity contribution in [2.24, 2.45) is 0 Å². The molecule has 1 fully saturated rings. The predicted molar refractivity (Wildman–Crippen MR) is 87.3 cm³/mol. The van der Waals surface area contributed by atoms with Gasteiger partial charge in [-0.25, -0.2) is 9.97 Å². The van der Waals surface area contributed by atoms with Gasteiger partial charge in [0.2, 0.25) is 0 Å². The van der Waals surface area contributed by atoms with Gasteiger partial charge in [0.25, 0.3) is 5.91 Å². The van der Waals surface area contributed by atoms with Crippen LogP contribution in [0.15, 0.2) is 36.7 Å². The molecule has 22 heavy (non-hydrogen) atoms. The number of carbonyl (C=O) groups excluding carboxylic acids is 1. The molecule has 0 unspecified atom stereocenters. The fourth-order valence-corrected chi connectivity index (χ4v) is 2.57. The summed E-state index contributed by atoms with van der Waals surface area (Å²) in [5.41, 5.74) is 2.35. The average Bonchev–Trinajstić information content (AvgIpc) is 3.10. The van der Waals surface area contributed by atoms with Crippen molar-refractivity contribution < 1.29 is 4.79 Å². The van der Waals surface area contributed by atoms with Crippen LogP contribution in [0.5, 0.6) is 0 Å². The number of benzene rings is 1. The fraction of sp³-hybridized carbons (Fsp3) is 0.353. The molecule has 1 saturated heterocycles. The van der Waals surface area contributed by atoms with Crippen LogP contribution in [0.2, 0.25) is 0 Å². The van der Waals surface area contributed by atoms with Crippen molar-refractivity contribution in [1.82, 2.24) is 9.97 Å². The first kappa shape index (κ1) is 14.5. The lowest BCUT2D eigenvalue weighted by Crippen LogP contribution is -2.20. The lowest BCUT2D eigenvalue weighted by Gasteiger charge is -2.15. The monoisotopic (exact) mass is 296 g/mol. The molecule has 1 aromatic heterocycles. The number of amides is 1. The SMILES string of the molecule is CCc1ccc(NC(=O)c2cnc(N3CCCC3)cn2)cc1. The number of nitrogens with one attached hydrogen (secondary N) is 1. The van der Waals surface area contributed by atoms with Crippen molar-refractivity contribution in [1.29, 1.82) is 0 Å². The maximum atomic E-state index is 12.2. The van der Waals surface area contributed by atoms with Crippen LogP contribution < -0.4 is 10.2 Å². The van der Waals surface area contributed by atoms with Gasteiger partial charge in [-0.1, -0.05) is 19.1 Å². The van der Waals surface area contributed by atoms with Crippen LogP contribution in [0.4, 0.5) is 11.5 Å². The third kappa shape index (κ3) is 3.24. The van der Waals surface area contributed by atoms with Crippen molar-refractivity contribution in [3.8, 4) is 0 Å². The van der Waals surface area contributed by atoms with Crippen molar-refractivity contribution >= 4 is 17.4 Å². The van der Waals surface area contributed by atoms with Crippen LogP contribution in [0.1, 0.15) is 35.8 Å². The van der Waals surface area contributed by atoms with E-state index >= 15 is 0 Å². The molecule has 3 rings (SSSR count). The summed E-state index contributed by atoms with van der Waals surface area (Å²) in [6.45, 7) is 4.14. The number of nitrogens with zero attached hydrogens (tertiary/aromatic N) is 3. The van der Waals surface area contributed by atoms with Gasteiger partial charge in [0.05, 0.1) is 12.4 Å². The molecule has 5 heteroatoms. The molecule has 0 bridgehead atoms. The topological polar surface area (TPSA) is 58.1 Å². The first-order valence-corrected chi connectivity index (χ1v) is 7.73. The highest BCUT2D eigenvalue weighted by Crippen LogP contribution is 2.16. The Morgan fingerprint density at radius 3 is 2.45 bits per heavy atom. The molecule has 5 nitrogen and oxygen atoms in total. The molecule has 2 heterocycles. The minimum absolute atomic E-state index is 0.232. The van der Waals surface area contributed by atoms with Gasteiger partial charge in [0, 0.05) is 18.8 Å². The predicted octanol–water partition coefficient (Wildman–Crippen LogP) is 2.89. The normalized spacial score (nSPS) is 14.1. The van der Waals surface area contributed by atoms with Gasteiger partial charge in [-0.3, -0.25) is 4.79 Å². The summed E-state index contributed by atoms with van der Waals surface area (Å²) in [5.74, 6) is 0.617. The second-order valence-corrected chi connectivity index (χ2v) is 5.46. The zero-order valence-electron chi connectivity index (χ0n) is 12.7. The smallest absolute Gasteiger partial charge is 0.275 e. The number of carbonyl (C=O) groups is 1. The highest BCUT2D eigenvalue weighted by molar-refractivity contribution is 6.02. The van der Waals surface area contributed by atoms with Crippen molar-refractivity contribution in [2.75, 3.05) is 23.3 Å². The lowest BCUT2D eigenvalue weighted by molar-refractivity contribution is 0.102. The summed E-state index contributed by atoms with van der Waals surface area (Å²) in [7, 11) is 0. The molecule has 0 aliphatic carbocycles. The van der Waals surface area contributed by atoms with Crippen LogP contribution in [0.25, 0.3) is 0 Å². The van der Waals surface area contributed by atoms with Crippen LogP contribution in [-0.4, -0.2) is 29.0 Å². The third-order valence-electron chi connectivity index (χ3n) is 3.92. The summed E-state index contributed by atoms with van der Waals surface area (Å²) in [4.78, 5) is 23.0. The van der Waals surface area contributed by atoms with Gasteiger partial charge in [0.15, 0.2) is 0 Å². The molecular formula is C17H20N4O. The molecule has 0 spiro atoms. The number of anilines is 2. The summed E-state index contributed by atoms with van der Waals surface area (Å²) >= 11 is 0. The molecule has 1 aliphatic heterocycles. The van der Waals surface area contributed by atoms with E-state index in [1.807, 2.05) is 24.3 Å². The van der Waals surface area contributed by atoms with Crippen LogP contribution in [-0.2, 0) is 6.42 Å². The van der Waals surface area contributed by atoms with Crippen molar-refractivity contribution in [3.63, 3.8) is 0 Å². The molecule has 2 aromatic rings. The Labute approximate surface area is 130 Å². The zero-order chi connectivity index (χ0) is 15.4. The van der Waals surface area contributed by atoms with Crippen LogP contribution in [0, 0.1) is 0 Å². The Bertz CT molecular complexity index is 631. The Balaban J connectivity index is 1.66. The van der Waals surface area contributed by atoms with Gasteiger partial charge < -0.3 is 10.2 Å². The van der Waals surface area contributed by atoms with Gasteiger partial charge in [-0.15, -0.1) is 0 Å². The van der Waals surface area contributed by atoms with E-state index in [0.29, 0.717) is 5.69 Å². The van der Waals surface area contributed by atoms with E-state index in [9.17, 15) is 4.79 Å². The lowest BCUT2D eigenvalue weighted by atomic mass is 10.1. The molecule has 1 aliphatic rings. The standard InChI is InChI=1S/C17H20N4O/c1-2-13-5-7-14(8-6-13)20-17(22)15-11-19-16(12-18-15)21-9-3-4-10-21/h5-8,11-12H,2-4,9-10H2,1H3,(H,20,22). The quantitative estimate of drug-likeness (QED) is 0.942. The highest BCUT2D eigenvalue weighted by Gasteiger charge is 2.15.